The van der Waals surface area contributed by atoms with E-state index in [4.69, 9.17) is 0 Å². The molecule has 1 fully saturated rings. The van der Waals surface area contributed by atoms with Crippen LogP contribution in [0.4, 0.5) is 0 Å². The molecular formula is C18H17N3O2. The first-order valence-electron chi connectivity index (χ1n) is 8.09. The molecule has 23 heavy (non-hydrogen) atoms. The third kappa shape index (κ3) is 1.67. The third-order valence-electron chi connectivity index (χ3n) is 5.64. The minimum Gasteiger partial charge on any atom is -0.246 e. The molecule has 0 radical (unpaired) electrons. The Labute approximate surface area is 132 Å². The molecule has 0 aliphatic heterocycles. The molecule has 3 aliphatic carbocycles. The van der Waals surface area contributed by atoms with Gasteiger partial charge >= 0.3 is 11.4 Å². The highest BCUT2D eigenvalue weighted by Crippen LogP contribution is 2.55. The van der Waals surface area contributed by atoms with Crippen molar-refractivity contribution >= 4 is 0 Å². The number of rotatable bonds is 2. The monoisotopic (exact) mass is 307 g/mol. The Morgan fingerprint density at radius 1 is 0.957 bits per heavy atom. The predicted octanol–water partition coefficient (Wildman–Crippen LogP) is 1.88. The quantitative estimate of drug-likeness (QED) is 0.861. The lowest BCUT2D eigenvalue weighted by Gasteiger charge is -2.26. The third-order valence-corrected chi connectivity index (χ3v) is 5.64. The van der Waals surface area contributed by atoms with Crippen molar-refractivity contribution in [1.29, 1.82) is 0 Å². The van der Waals surface area contributed by atoms with Crippen LogP contribution in [0, 0.1) is 23.7 Å². The van der Waals surface area contributed by atoms with Gasteiger partial charge in [-0.2, -0.15) is 0 Å². The molecule has 5 rings (SSSR count). The van der Waals surface area contributed by atoms with Crippen LogP contribution in [0.3, 0.4) is 0 Å². The summed E-state index contributed by atoms with van der Waals surface area (Å²) < 4.78 is 2.73. The largest absolute Gasteiger partial charge is 0.352 e. The molecular weight excluding hydrogens is 290 g/mol. The normalized spacial score (nSPS) is 33.5. The Morgan fingerprint density at radius 3 is 2.57 bits per heavy atom. The zero-order valence-electron chi connectivity index (χ0n) is 12.5. The number of aromatic nitrogens is 3. The molecule has 1 N–H and O–H groups in total. The molecule has 1 heterocycles. The van der Waals surface area contributed by atoms with E-state index in [1.165, 1.54) is 15.7 Å². The summed E-state index contributed by atoms with van der Waals surface area (Å²) in [4.78, 5) is 25.1. The van der Waals surface area contributed by atoms with Crippen LogP contribution in [0.5, 0.6) is 0 Å². The average Bonchev–Trinajstić information content (AvgIpc) is 3.30. The molecule has 0 saturated heterocycles. The van der Waals surface area contributed by atoms with E-state index in [0.29, 0.717) is 29.4 Å². The van der Waals surface area contributed by atoms with Crippen LogP contribution in [0.15, 0.2) is 64.2 Å². The fraction of sp³-hybridized carbons (Fsp3) is 0.333. The SMILES string of the molecule is O=c1[nH]n([C@H]2C=C[C@H]3[C@@H]2[C@H]2C=C[C@H]3C2)c(=O)n1-c1ccccc1. The van der Waals surface area contributed by atoms with E-state index in [2.05, 4.69) is 29.4 Å². The molecule has 5 nitrogen and oxygen atoms in total. The lowest BCUT2D eigenvalue weighted by molar-refractivity contribution is 0.287. The molecule has 116 valence electrons. The molecule has 1 aromatic carbocycles. The summed E-state index contributed by atoms with van der Waals surface area (Å²) in [5.41, 5.74) is -0.0659. The number of H-pyrrole nitrogens is 1. The molecule has 0 spiro atoms. The lowest BCUT2D eigenvalue weighted by atomic mass is 9.83. The zero-order valence-corrected chi connectivity index (χ0v) is 12.5. The number of hydrogen-bond donors (Lipinski definition) is 1. The molecule has 2 bridgehead atoms. The average molecular weight is 307 g/mol. The van der Waals surface area contributed by atoms with Gasteiger partial charge in [0.15, 0.2) is 0 Å². The second-order valence-corrected chi connectivity index (χ2v) is 6.72. The van der Waals surface area contributed by atoms with E-state index < -0.39 is 0 Å². The van der Waals surface area contributed by atoms with Crippen molar-refractivity contribution in [3.63, 3.8) is 0 Å². The van der Waals surface area contributed by atoms with Crippen LogP contribution < -0.4 is 11.4 Å². The first kappa shape index (κ1) is 12.9. The van der Waals surface area contributed by atoms with Crippen LogP contribution in [0.25, 0.3) is 5.69 Å². The maximum Gasteiger partial charge on any atom is 0.352 e. The number of para-hydroxylation sites is 1. The summed E-state index contributed by atoms with van der Waals surface area (Å²) in [6.45, 7) is 0. The number of hydrogen-bond acceptors (Lipinski definition) is 2. The van der Waals surface area contributed by atoms with Crippen LogP contribution in [-0.4, -0.2) is 14.3 Å². The van der Waals surface area contributed by atoms with E-state index in [-0.39, 0.29) is 17.4 Å². The predicted molar refractivity (Wildman–Crippen MR) is 86.5 cm³/mol. The number of allylic oxidation sites excluding steroid dienone is 4. The first-order chi connectivity index (χ1) is 11.2. The maximum absolute atomic E-state index is 12.8. The van der Waals surface area contributed by atoms with Crippen molar-refractivity contribution in [1.82, 2.24) is 14.3 Å². The van der Waals surface area contributed by atoms with Gasteiger partial charge in [0, 0.05) is 0 Å². The first-order valence-corrected chi connectivity index (χ1v) is 8.09. The van der Waals surface area contributed by atoms with Crippen molar-refractivity contribution < 1.29 is 0 Å². The molecule has 1 aromatic heterocycles. The molecule has 0 unspecified atom stereocenters. The highest BCUT2D eigenvalue weighted by Gasteiger charge is 2.50. The van der Waals surface area contributed by atoms with Gasteiger partial charge < -0.3 is 0 Å². The van der Waals surface area contributed by atoms with Gasteiger partial charge in [0.25, 0.3) is 0 Å². The Balaban J connectivity index is 1.61. The Morgan fingerprint density at radius 2 is 1.74 bits per heavy atom. The van der Waals surface area contributed by atoms with Crippen LogP contribution >= 0.6 is 0 Å². The van der Waals surface area contributed by atoms with Gasteiger partial charge in [-0.3, -0.25) is 0 Å². The minimum atomic E-state index is -0.378. The zero-order chi connectivity index (χ0) is 15.6. The molecule has 2 aromatic rings. The maximum atomic E-state index is 12.8. The summed E-state index contributed by atoms with van der Waals surface area (Å²) in [5.74, 6) is 2.01. The van der Waals surface area contributed by atoms with Crippen LogP contribution in [-0.2, 0) is 0 Å². The number of aromatic amines is 1. The van der Waals surface area contributed by atoms with Crippen molar-refractivity contribution in [3.05, 3.63) is 75.6 Å². The summed E-state index contributed by atoms with van der Waals surface area (Å²) in [6, 6.07) is 9.01. The topological polar surface area (TPSA) is 59.8 Å². The van der Waals surface area contributed by atoms with Gasteiger partial charge in [-0.1, -0.05) is 42.5 Å². The van der Waals surface area contributed by atoms with Crippen LogP contribution in [0.1, 0.15) is 12.5 Å². The lowest BCUT2D eigenvalue weighted by Crippen LogP contribution is -2.32. The fourth-order valence-corrected chi connectivity index (χ4v) is 4.68. The number of nitrogens with zero attached hydrogens (tertiary/aromatic N) is 2. The van der Waals surface area contributed by atoms with Crippen molar-refractivity contribution in [3.8, 4) is 5.69 Å². The van der Waals surface area contributed by atoms with Gasteiger partial charge in [-0.25, -0.2) is 23.9 Å². The number of benzene rings is 1. The highest BCUT2D eigenvalue weighted by molar-refractivity contribution is 5.31. The van der Waals surface area contributed by atoms with Gasteiger partial charge in [0.1, 0.15) is 0 Å². The van der Waals surface area contributed by atoms with Gasteiger partial charge in [0.05, 0.1) is 11.7 Å². The van der Waals surface area contributed by atoms with Gasteiger partial charge in [0.2, 0.25) is 0 Å². The smallest absolute Gasteiger partial charge is 0.246 e. The van der Waals surface area contributed by atoms with Crippen LogP contribution in [0.2, 0.25) is 0 Å². The van der Waals surface area contributed by atoms with Crippen molar-refractivity contribution in [2.75, 3.05) is 0 Å². The molecule has 3 aliphatic rings. The van der Waals surface area contributed by atoms with E-state index in [1.54, 1.807) is 12.1 Å². The summed E-state index contributed by atoms with van der Waals surface area (Å²) in [6.07, 6.45) is 10.1. The van der Waals surface area contributed by atoms with Gasteiger partial charge in [-0.05, 0) is 42.2 Å². The number of nitrogens with one attached hydrogen (secondary N) is 1. The second kappa shape index (κ2) is 4.47. The van der Waals surface area contributed by atoms with E-state index >= 15 is 0 Å². The summed E-state index contributed by atoms with van der Waals surface area (Å²) >= 11 is 0. The molecule has 1 saturated carbocycles. The van der Waals surface area contributed by atoms with E-state index in [1.807, 2.05) is 18.2 Å². The highest BCUT2D eigenvalue weighted by atomic mass is 16.2. The second-order valence-electron chi connectivity index (χ2n) is 6.72. The molecule has 5 heteroatoms. The van der Waals surface area contributed by atoms with Crippen molar-refractivity contribution in [2.24, 2.45) is 23.7 Å². The Bertz CT molecular complexity index is 931. The Kier molecular flexibility index (Phi) is 2.52. The van der Waals surface area contributed by atoms with Crippen molar-refractivity contribution in [2.45, 2.75) is 12.5 Å². The fourth-order valence-electron chi connectivity index (χ4n) is 4.68. The summed E-state index contributed by atoms with van der Waals surface area (Å²) in [5, 5.41) is 2.76. The molecule has 5 atom stereocenters. The van der Waals surface area contributed by atoms with E-state index in [9.17, 15) is 9.59 Å². The standard InChI is InChI=1S/C18H17N3O2/c22-17-19-21(18(23)20(17)13-4-2-1-3-5-13)15-9-8-14-11-6-7-12(10-11)16(14)15/h1-9,11-12,14-16H,10H2,(H,19,22)/t11-,12-,14+,15-,16-/m0/s1. The van der Waals surface area contributed by atoms with E-state index in [0.717, 1.165) is 0 Å². The molecule has 0 amide bonds. The summed E-state index contributed by atoms with van der Waals surface area (Å²) in [7, 11) is 0. The number of fused-ring (bicyclic) bond motifs is 5. The Hall–Kier alpha value is -2.56. The van der Waals surface area contributed by atoms with Gasteiger partial charge in [-0.15, -0.1) is 0 Å². The minimum absolute atomic E-state index is 0.0508.